The highest BCUT2D eigenvalue weighted by Gasteiger charge is 2.25. The number of benzene rings is 1. The molecule has 1 unspecified atom stereocenters. The molecule has 0 bridgehead atoms. The van der Waals surface area contributed by atoms with Gasteiger partial charge >= 0.3 is 0 Å². The molecular formula is C17H22N4. The zero-order valence-electron chi connectivity index (χ0n) is 12.4. The monoisotopic (exact) mass is 282 g/mol. The van der Waals surface area contributed by atoms with Crippen molar-refractivity contribution in [1.29, 1.82) is 0 Å². The first-order valence-corrected chi connectivity index (χ1v) is 7.44. The summed E-state index contributed by atoms with van der Waals surface area (Å²) < 4.78 is 1.96. The first-order valence-electron chi connectivity index (χ1n) is 7.44. The van der Waals surface area contributed by atoms with E-state index in [4.69, 9.17) is 5.73 Å². The van der Waals surface area contributed by atoms with Crippen molar-refractivity contribution in [3.05, 3.63) is 65.6 Å². The van der Waals surface area contributed by atoms with Crippen LogP contribution in [0, 0.1) is 0 Å². The van der Waals surface area contributed by atoms with Gasteiger partial charge in [0, 0.05) is 38.5 Å². The lowest BCUT2D eigenvalue weighted by Gasteiger charge is -2.34. The van der Waals surface area contributed by atoms with Gasteiger partial charge in [-0.05, 0) is 18.1 Å². The molecule has 1 aromatic carbocycles. The van der Waals surface area contributed by atoms with Gasteiger partial charge in [0.15, 0.2) is 0 Å². The van der Waals surface area contributed by atoms with Gasteiger partial charge in [-0.3, -0.25) is 9.58 Å². The average Bonchev–Trinajstić information content (AvgIpc) is 2.93. The lowest BCUT2D eigenvalue weighted by Crippen LogP contribution is -2.36. The fourth-order valence-corrected chi connectivity index (χ4v) is 2.96. The number of hydrogen-bond donors (Lipinski definition) is 1. The molecule has 0 amide bonds. The van der Waals surface area contributed by atoms with Gasteiger partial charge in [-0.25, -0.2) is 0 Å². The normalized spacial score (nSPS) is 19.5. The zero-order valence-corrected chi connectivity index (χ0v) is 12.4. The van der Waals surface area contributed by atoms with Crippen LogP contribution in [0.3, 0.4) is 0 Å². The van der Waals surface area contributed by atoms with Crippen molar-refractivity contribution in [2.75, 3.05) is 13.1 Å². The molecule has 1 aromatic heterocycles. The summed E-state index contributed by atoms with van der Waals surface area (Å²) in [4.78, 5) is 2.49. The van der Waals surface area contributed by atoms with E-state index in [0.29, 0.717) is 6.04 Å². The Morgan fingerprint density at radius 1 is 1.24 bits per heavy atom. The molecule has 3 rings (SSSR count). The summed E-state index contributed by atoms with van der Waals surface area (Å²) in [7, 11) is 2.00. The van der Waals surface area contributed by atoms with Gasteiger partial charge in [-0.2, -0.15) is 5.10 Å². The Morgan fingerprint density at radius 3 is 2.76 bits per heavy atom. The number of aromatic nitrogens is 2. The van der Waals surface area contributed by atoms with Crippen molar-refractivity contribution in [2.24, 2.45) is 12.8 Å². The highest BCUT2D eigenvalue weighted by molar-refractivity contribution is 5.18. The molecule has 1 atom stereocenters. The lowest BCUT2D eigenvalue weighted by molar-refractivity contribution is 0.199. The first-order chi connectivity index (χ1) is 10.2. The van der Waals surface area contributed by atoms with Crippen molar-refractivity contribution in [3.63, 3.8) is 0 Å². The summed E-state index contributed by atoms with van der Waals surface area (Å²) in [5, 5.41) is 4.30. The minimum absolute atomic E-state index is 0.325. The standard InChI is InChI=1S/C17H22N4/c1-20-16(7-10-19-20)17-13-15(18)9-12-21(17)11-8-14-5-3-2-4-6-14/h2-7,9-10,17H,8,11-13,18H2,1H3. The van der Waals surface area contributed by atoms with Gasteiger partial charge in [-0.15, -0.1) is 0 Å². The van der Waals surface area contributed by atoms with E-state index in [2.05, 4.69) is 52.5 Å². The summed E-state index contributed by atoms with van der Waals surface area (Å²) in [5.41, 5.74) is 9.65. The number of rotatable bonds is 4. The summed E-state index contributed by atoms with van der Waals surface area (Å²) in [5.74, 6) is 0. The largest absolute Gasteiger partial charge is 0.402 e. The first kappa shape index (κ1) is 13.9. The van der Waals surface area contributed by atoms with E-state index >= 15 is 0 Å². The number of nitrogens with zero attached hydrogens (tertiary/aromatic N) is 3. The van der Waals surface area contributed by atoms with E-state index in [1.165, 1.54) is 11.3 Å². The molecule has 0 saturated heterocycles. The van der Waals surface area contributed by atoms with Crippen molar-refractivity contribution in [3.8, 4) is 0 Å². The summed E-state index contributed by atoms with van der Waals surface area (Å²) in [6, 6.07) is 13.1. The SMILES string of the molecule is Cn1nccc1C1CC(N)=CCN1CCc1ccccc1. The predicted octanol–water partition coefficient (Wildman–Crippen LogP) is 2.25. The fourth-order valence-electron chi connectivity index (χ4n) is 2.96. The third-order valence-electron chi connectivity index (χ3n) is 4.19. The molecule has 2 N–H and O–H groups in total. The molecule has 0 spiro atoms. The van der Waals surface area contributed by atoms with Crippen LogP contribution in [0.25, 0.3) is 0 Å². The fraction of sp³-hybridized carbons (Fsp3) is 0.353. The van der Waals surface area contributed by atoms with E-state index in [1.807, 2.05) is 17.9 Å². The lowest BCUT2D eigenvalue weighted by atomic mass is 10.0. The van der Waals surface area contributed by atoms with Crippen molar-refractivity contribution >= 4 is 0 Å². The van der Waals surface area contributed by atoms with Crippen molar-refractivity contribution in [2.45, 2.75) is 18.9 Å². The van der Waals surface area contributed by atoms with Crippen LogP contribution in [-0.4, -0.2) is 27.8 Å². The maximum absolute atomic E-state index is 6.06. The molecule has 21 heavy (non-hydrogen) atoms. The van der Waals surface area contributed by atoms with E-state index in [0.717, 1.165) is 31.6 Å². The van der Waals surface area contributed by atoms with Crippen LogP contribution in [0.4, 0.5) is 0 Å². The Bertz CT molecular complexity index is 615. The molecule has 1 aliphatic rings. The minimum Gasteiger partial charge on any atom is -0.402 e. The molecular weight excluding hydrogens is 260 g/mol. The molecule has 2 aromatic rings. The predicted molar refractivity (Wildman–Crippen MR) is 84.6 cm³/mol. The Morgan fingerprint density at radius 2 is 2.05 bits per heavy atom. The smallest absolute Gasteiger partial charge is 0.0574 e. The molecule has 1 aliphatic heterocycles. The number of nitrogens with two attached hydrogens (primary N) is 1. The van der Waals surface area contributed by atoms with Crippen LogP contribution in [0.5, 0.6) is 0 Å². The van der Waals surface area contributed by atoms with Crippen molar-refractivity contribution in [1.82, 2.24) is 14.7 Å². The summed E-state index contributed by atoms with van der Waals surface area (Å²) >= 11 is 0. The highest BCUT2D eigenvalue weighted by Crippen LogP contribution is 2.29. The average molecular weight is 282 g/mol. The maximum Gasteiger partial charge on any atom is 0.0574 e. The second-order valence-electron chi connectivity index (χ2n) is 5.61. The second kappa shape index (κ2) is 6.14. The second-order valence-corrected chi connectivity index (χ2v) is 5.61. The number of hydrogen-bond acceptors (Lipinski definition) is 3. The summed E-state index contributed by atoms with van der Waals surface area (Å²) in [6.45, 7) is 1.94. The van der Waals surface area contributed by atoms with E-state index in [1.54, 1.807) is 0 Å². The van der Waals surface area contributed by atoms with Gasteiger partial charge in [0.05, 0.1) is 11.7 Å². The zero-order chi connectivity index (χ0) is 14.7. The summed E-state index contributed by atoms with van der Waals surface area (Å²) in [6.07, 6.45) is 5.94. The molecule has 2 heterocycles. The third-order valence-corrected chi connectivity index (χ3v) is 4.19. The van der Waals surface area contributed by atoms with Crippen molar-refractivity contribution < 1.29 is 0 Å². The Hall–Kier alpha value is -2.07. The number of aryl methyl sites for hydroxylation is 1. The van der Waals surface area contributed by atoms with Gasteiger partial charge in [-0.1, -0.05) is 36.4 Å². The molecule has 4 heteroatoms. The van der Waals surface area contributed by atoms with Crippen LogP contribution in [0.2, 0.25) is 0 Å². The molecule has 0 saturated carbocycles. The molecule has 0 fully saturated rings. The van der Waals surface area contributed by atoms with Crippen LogP contribution >= 0.6 is 0 Å². The molecule has 0 aliphatic carbocycles. The third kappa shape index (κ3) is 3.16. The van der Waals surface area contributed by atoms with Gasteiger partial charge in [0.1, 0.15) is 0 Å². The molecule has 0 radical (unpaired) electrons. The Labute approximate surface area is 125 Å². The topological polar surface area (TPSA) is 47.1 Å². The highest BCUT2D eigenvalue weighted by atomic mass is 15.3. The Balaban J connectivity index is 1.74. The van der Waals surface area contributed by atoms with Gasteiger partial charge in [0.2, 0.25) is 0 Å². The van der Waals surface area contributed by atoms with Gasteiger partial charge in [0.25, 0.3) is 0 Å². The minimum atomic E-state index is 0.325. The molecule has 110 valence electrons. The van der Waals surface area contributed by atoms with Crippen LogP contribution < -0.4 is 5.73 Å². The quantitative estimate of drug-likeness (QED) is 0.935. The Kier molecular flexibility index (Phi) is 4.06. The molecule has 4 nitrogen and oxygen atoms in total. The van der Waals surface area contributed by atoms with Crippen LogP contribution in [0.1, 0.15) is 23.7 Å². The van der Waals surface area contributed by atoms with Gasteiger partial charge < -0.3 is 5.73 Å². The van der Waals surface area contributed by atoms with Crippen LogP contribution in [0.15, 0.2) is 54.4 Å². The van der Waals surface area contributed by atoms with E-state index in [9.17, 15) is 0 Å². The van der Waals surface area contributed by atoms with E-state index in [-0.39, 0.29) is 0 Å². The van der Waals surface area contributed by atoms with E-state index < -0.39 is 0 Å². The van der Waals surface area contributed by atoms with Crippen LogP contribution in [-0.2, 0) is 13.5 Å². The maximum atomic E-state index is 6.06.